The first kappa shape index (κ1) is 21.0. The van der Waals surface area contributed by atoms with E-state index in [0.29, 0.717) is 24.1 Å². The van der Waals surface area contributed by atoms with Crippen molar-refractivity contribution in [2.45, 2.75) is 19.4 Å². The summed E-state index contributed by atoms with van der Waals surface area (Å²) in [7, 11) is 1.55. The number of hydrogen-bond donors (Lipinski definition) is 1. The molecule has 1 fully saturated rings. The molecule has 2 aromatic carbocycles. The molecule has 0 spiro atoms. The van der Waals surface area contributed by atoms with Gasteiger partial charge in [0.15, 0.2) is 0 Å². The van der Waals surface area contributed by atoms with Crippen molar-refractivity contribution in [2.75, 3.05) is 25.0 Å². The summed E-state index contributed by atoms with van der Waals surface area (Å²) in [5.74, 6) is -1.04. The minimum absolute atomic E-state index is 0.0812. The fraction of sp³-hybridized carbons (Fsp3) is 0.286. The third kappa shape index (κ3) is 5.20. The molecule has 1 heterocycles. The predicted molar refractivity (Wildman–Crippen MR) is 111 cm³/mol. The van der Waals surface area contributed by atoms with Gasteiger partial charge in [-0.05, 0) is 48.9 Å². The molecule has 0 unspecified atom stereocenters. The van der Waals surface area contributed by atoms with Crippen LogP contribution in [0.2, 0.25) is 0 Å². The van der Waals surface area contributed by atoms with E-state index in [1.165, 1.54) is 11.0 Å². The van der Waals surface area contributed by atoms with Crippen LogP contribution in [0.4, 0.5) is 10.1 Å². The second-order valence-corrected chi connectivity index (χ2v) is 7.78. The van der Waals surface area contributed by atoms with Crippen LogP contribution in [0.1, 0.15) is 28.8 Å². The number of carbonyl (C=O) groups excluding carboxylic acids is 3. The van der Waals surface area contributed by atoms with E-state index in [1.54, 1.807) is 48.3 Å². The molecule has 1 aliphatic heterocycles. The highest BCUT2D eigenvalue weighted by Crippen LogP contribution is 2.21. The van der Waals surface area contributed by atoms with Gasteiger partial charge in [0.25, 0.3) is 5.91 Å². The van der Waals surface area contributed by atoms with Crippen molar-refractivity contribution in [3.8, 4) is 0 Å². The maximum Gasteiger partial charge on any atom is 0.251 e. The van der Waals surface area contributed by atoms with E-state index >= 15 is 0 Å². The van der Waals surface area contributed by atoms with Gasteiger partial charge < -0.3 is 15.1 Å². The second kappa shape index (κ2) is 9.17. The number of amides is 3. The Hall–Kier alpha value is -2.74. The van der Waals surface area contributed by atoms with Gasteiger partial charge in [-0.15, -0.1) is 0 Å². The SMILES string of the molecule is CN(Cc1cc(Br)ccc1F)C(=O)CNC(=O)c1ccc(N2CCCC2=O)cc1. The number of carbonyl (C=O) groups is 3. The predicted octanol–water partition coefficient (Wildman–Crippen LogP) is 3.10. The maximum absolute atomic E-state index is 13.8. The summed E-state index contributed by atoms with van der Waals surface area (Å²) in [6, 6.07) is 11.2. The van der Waals surface area contributed by atoms with E-state index in [0.717, 1.165) is 16.6 Å². The van der Waals surface area contributed by atoms with Gasteiger partial charge in [-0.1, -0.05) is 15.9 Å². The lowest BCUT2D eigenvalue weighted by molar-refractivity contribution is -0.129. The summed E-state index contributed by atoms with van der Waals surface area (Å²) in [6.07, 6.45) is 1.38. The number of hydrogen-bond acceptors (Lipinski definition) is 3. The van der Waals surface area contributed by atoms with Crippen molar-refractivity contribution in [3.63, 3.8) is 0 Å². The van der Waals surface area contributed by atoms with Gasteiger partial charge in [-0.2, -0.15) is 0 Å². The number of likely N-dealkylation sites (N-methyl/N-ethyl adjacent to an activating group) is 1. The average molecular weight is 462 g/mol. The summed E-state index contributed by atoms with van der Waals surface area (Å²) < 4.78 is 14.6. The maximum atomic E-state index is 13.8. The van der Waals surface area contributed by atoms with Gasteiger partial charge in [-0.25, -0.2) is 4.39 Å². The van der Waals surface area contributed by atoms with Gasteiger partial charge in [0.05, 0.1) is 6.54 Å². The lowest BCUT2D eigenvalue weighted by Gasteiger charge is -2.18. The molecule has 152 valence electrons. The molecule has 8 heteroatoms. The fourth-order valence-corrected chi connectivity index (χ4v) is 3.52. The van der Waals surface area contributed by atoms with Crippen LogP contribution < -0.4 is 10.2 Å². The van der Waals surface area contributed by atoms with Crippen molar-refractivity contribution in [2.24, 2.45) is 0 Å². The standard InChI is InChI=1S/C21H21BrFN3O3/c1-25(13-15-11-16(22)6-9-18(15)23)20(28)12-24-21(29)14-4-7-17(8-5-14)26-10-2-3-19(26)27/h4-9,11H,2-3,10,12-13H2,1H3,(H,24,29). The van der Waals surface area contributed by atoms with Gasteiger partial charge in [-0.3, -0.25) is 14.4 Å². The van der Waals surface area contributed by atoms with Crippen molar-refractivity contribution in [3.05, 3.63) is 63.9 Å². The average Bonchev–Trinajstić information content (AvgIpc) is 3.14. The number of rotatable bonds is 6. The molecule has 0 atom stereocenters. The minimum Gasteiger partial charge on any atom is -0.343 e. The number of anilines is 1. The highest BCUT2D eigenvalue weighted by Gasteiger charge is 2.21. The Morgan fingerprint density at radius 1 is 1.21 bits per heavy atom. The molecule has 3 rings (SSSR count). The zero-order valence-corrected chi connectivity index (χ0v) is 17.5. The molecule has 29 heavy (non-hydrogen) atoms. The highest BCUT2D eigenvalue weighted by molar-refractivity contribution is 9.10. The number of nitrogens with zero attached hydrogens (tertiary/aromatic N) is 2. The molecule has 0 radical (unpaired) electrons. The van der Waals surface area contributed by atoms with E-state index in [4.69, 9.17) is 0 Å². The Balaban J connectivity index is 1.53. The van der Waals surface area contributed by atoms with Gasteiger partial charge >= 0.3 is 0 Å². The van der Waals surface area contributed by atoms with E-state index in [-0.39, 0.29) is 30.8 Å². The second-order valence-electron chi connectivity index (χ2n) is 6.86. The highest BCUT2D eigenvalue weighted by atomic mass is 79.9. The lowest BCUT2D eigenvalue weighted by Crippen LogP contribution is -2.38. The summed E-state index contributed by atoms with van der Waals surface area (Å²) in [6.45, 7) is 0.583. The zero-order chi connectivity index (χ0) is 21.0. The van der Waals surface area contributed by atoms with Crippen LogP contribution in [-0.4, -0.2) is 42.8 Å². The summed E-state index contributed by atoms with van der Waals surface area (Å²) in [5.41, 5.74) is 1.54. The Morgan fingerprint density at radius 2 is 1.93 bits per heavy atom. The molecule has 0 bridgehead atoms. The molecule has 0 saturated carbocycles. The van der Waals surface area contributed by atoms with Crippen LogP contribution in [0.25, 0.3) is 0 Å². The van der Waals surface area contributed by atoms with Crippen molar-refractivity contribution >= 4 is 39.3 Å². The van der Waals surface area contributed by atoms with Crippen LogP contribution in [0.3, 0.4) is 0 Å². The quantitative estimate of drug-likeness (QED) is 0.718. The fourth-order valence-electron chi connectivity index (χ4n) is 3.11. The van der Waals surface area contributed by atoms with Gasteiger partial charge in [0.2, 0.25) is 11.8 Å². The summed E-state index contributed by atoms with van der Waals surface area (Å²) in [4.78, 5) is 39.4. The third-order valence-corrected chi connectivity index (χ3v) is 5.25. The summed E-state index contributed by atoms with van der Waals surface area (Å²) in [5, 5.41) is 2.58. The molecule has 2 aromatic rings. The first-order valence-electron chi connectivity index (χ1n) is 9.21. The Kier molecular flexibility index (Phi) is 6.64. The van der Waals surface area contributed by atoms with E-state index in [2.05, 4.69) is 21.2 Å². The van der Waals surface area contributed by atoms with Gasteiger partial charge in [0, 0.05) is 47.8 Å². The first-order chi connectivity index (χ1) is 13.8. The van der Waals surface area contributed by atoms with Crippen LogP contribution in [0.5, 0.6) is 0 Å². The molecule has 1 saturated heterocycles. The lowest BCUT2D eigenvalue weighted by atomic mass is 10.2. The van der Waals surface area contributed by atoms with Crippen LogP contribution in [-0.2, 0) is 16.1 Å². The Bertz CT molecular complexity index is 933. The van der Waals surface area contributed by atoms with Crippen molar-refractivity contribution < 1.29 is 18.8 Å². The first-order valence-corrected chi connectivity index (χ1v) is 10.0. The molecule has 1 aliphatic rings. The van der Waals surface area contributed by atoms with E-state index in [1.807, 2.05) is 0 Å². The van der Waals surface area contributed by atoms with Gasteiger partial charge in [0.1, 0.15) is 5.82 Å². The number of halogens is 2. The molecule has 1 N–H and O–H groups in total. The monoisotopic (exact) mass is 461 g/mol. The van der Waals surface area contributed by atoms with Crippen molar-refractivity contribution in [1.82, 2.24) is 10.2 Å². The van der Waals surface area contributed by atoms with Crippen molar-refractivity contribution in [1.29, 1.82) is 0 Å². The minimum atomic E-state index is -0.395. The molecular formula is C21H21BrFN3O3. The number of benzene rings is 2. The normalized spacial score (nSPS) is 13.5. The smallest absolute Gasteiger partial charge is 0.251 e. The van der Waals surface area contributed by atoms with Crippen LogP contribution >= 0.6 is 15.9 Å². The largest absolute Gasteiger partial charge is 0.343 e. The van der Waals surface area contributed by atoms with E-state index < -0.39 is 5.82 Å². The molecule has 0 aromatic heterocycles. The topological polar surface area (TPSA) is 69.7 Å². The molecule has 3 amide bonds. The van der Waals surface area contributed by atoms with Crippen LogP contribution in [0, 0.1) is 5.82 Å². The molecule has 0 aliphatic carbocycles. The Labute approximate surface area is 176 Å². The van der Waals surface area contributed by atoms with E-state index in [9.17, 15) is 18.8 Å². The zero-order valence-electron chi connectivity index (χ0n) is 16.0. The van der Waals surface area contributed by atoms with Crippen LogP contribution in [0.15, 0.2) is 46.9 Å². The number of nitrogens with one attached hydrogen (secondary N) is 1. The molecule has 6 nitrogen and oxygen atoms in total. The third-order valence-electron chi connectivity index (χ3n) is 4.76. The Morgan fingerprint density at radius 3 is 2.59 bits per heavy atom. The molecular weight excluding hydrogens is 441 g/mol. The summed E-state index contributed by atoms with van der Waals surface area (Å²) >= 11 is 3.28.